The van der Waals surface area contributed by atoms with E-state index in [9.17, 15) is 8.42 Å². The first-order valence-corrected chi connectivity index (χ1v) is 7.74. The number of nitrogens with one attached hydrogen (secondary N) is 1. The van der Waals surface area contributed by atoms with E-state index in [1.165, 1.54) is 0 Å². The first kappa shape index (κ1) is 11.8. The largest absolute Gasteiger partial charge is 0.497 e. The Morgan fingerprint density at radius 3 is 2.67 bits per heavy atom. The van der Waals surface area contributed by atoms with Gasteiger partial charge in [0.25, 0.3) is 0 Å². The molecule has 2 aliphatic rings. The summed E-state index contributed by atoms with van der Waals surface area (Å²) in [6.07, 6.45) is 3.56. The minimum Gasteiger partial charge on any atom is -0.497 e. The van der Waals surface area contributed by atoms with Gasteiger partial charge in [-0.15, -0.1) is 0 Å². The Bertz CT molecular complexity index is 574. The van der Waals surface area contributed by atoms with Crippen LogP contribution in [0.5, 0.6) is 5.75 Å². The van der Waals surface area contributed by atoms with Crippen molar-refractivity contribution in [2.24, 2.45) is 0 Å². The zero-order valence-corrected chi connectivity index (χ0v) is 11.2. The van der Waals surface area contributed by atoms with E-state index >= 15 is 0 Å². The second-order valence-electron chi connectivity index (χ2n) is 5.11. The molecule has 1 N–H and O–H groups in total. The molecule has 18 heavy (non-hydrogen) atoms. The van der Waals surface area contributed by atoms with E-state index in [0.29, 0.717) is 22.9 Å². The van der Waals surface area contributed by atoms with E-state index < -0.39 is 14.6 Å². The lowest BCUT2D eigenvalue weighted by Gasteiger charge is -2.35. The van der Waals surface area contributed by atoms with Crippen molar-refractivity contribution in [3.8, 4) is 5.75 Å². The topological polar surface area (TPSA) is 55.4 Å². The lowest BCUT2D eigenvalue weighted by atomic mass is 10.1. The Morgan fingerprint density at radius 2 is 2.00 bits per heavy atom. The minimum atomic E-state index is -3.23. The van der Waals surface area contributed by atoms with Gasteiger partial charge in [0.2, 0.25) is 0 Å². The molecule has 0 radical (unpaired) electrons. The number of methoxy groups -OCH3 is 1. The molecule has 0 aromatic heterocycles. The first-order valence-electron chi connectivity index (χ1n) is 6.26. The monoisotopic (exact) mass is 267 g/mol. The molecule has 3 rings (SSSR count). The number of rotatable bonds is 1. The van der Waals surface area contributed by atoms with Crippen LogP contribution >= 0.6 is 0 Å². The van der Waals surface area contributed by atoms with Gasteiger partial charge < -0.3 is 10.1 Å². The summed E-state index contributed by atoms with van der Waals surface area (Å²) in [5.41, 5.74) is 0.673. The second-order valence-corrected chi connectivity index (χ2v) is 7.42. The molecule has 0 unspecified atom stereocenters. The smallest absolute Gasteiger partial charge is 0.187 e. The molecule has 1 aliphatic carbocycles. The van der Waals surface area contributed by atoms with Crippen molar-refractivity contribution in [3.05, 3.63) is 18.2 Å². The Labute approximate surface area is 107 Å². The second kappa shape index (κ2) is 3.88. The number of hydrogen-bond donors (Lipinski definition) is 1. The average molecular weight is 267 g/mol. The lowest BCUT2D eigenvalue weighted by Crippen LogP contribution is -2.45. The van der Waals surface area contributed by atoms with E-state index in [0.717, 1.165) is 25.7 Å². The quantitative estimate of drug-likeness (QED) is 0.847. The number of ether oxygens (including phenoxy) is 1. The fraction of sp³-hybridized carbons (Fsp3) is 0.538. The van der Waals surface area contributed by atoms with Crippen molar-refractivity contribution in [1.29, 1.82) is 0 Å². The van der Waals surface area contributed by atoms with Crippen LogP contribution in [0.1, 0.15) is 25.7 Å². The zero-order valence-electron chi connectivity index (χ0n) is 10.4. The van der Waals surface area contributed by atoms with E-state index in [4.69, 9.17) is 4.74 Å². The summed E-state index contributed by atoms with van der Waals surface area (Å²) < 4.78 is 30.0. The molecular weight excluding hydrogens is 250 g/mol. The Balaban J connectivity index is 2.13. The summed E-state index contributed by atoms with van der Waals surface area (Å²) in [4.78, 5) is 0.427. The number of hydrogen-bond acceptors (Lipinski definition) is 4. The van der Waals surface area contributed by atoms with Crippen molar-refractivity contribution in [3.63, 3.8) is 0 Å². The van der Waals surface area contributed by atoms with Crippen molar-refractivity contribution in [2.75, 3.05) is 19.0 Å². The molecule has 1 fully saturated rings. The van der Waals surface area contributed by atoms with Gasteiger partial charge >= 0.3 is 0 Å². The van der Waals surface area contributed by atoms with Crippen LogP contribution in [-0.2, 0) is 9.84 Å². The summed E-state index contributed by atoms with van der Waals surface area (Å²) >= 11 is 0. The van der Waals surface area contributed by atoms with Gasteiger partial charge in [-0.25, -0.2) is 8.42 Å². The van der Waals surface area contributed by atoms with Crippen LogP contribution in [0.4, 0.5) is 5.69 Å². The van der Waals surface area contributed by atoms with Crippen molar-refractivity contribution in [2.45, 2.75) is 35.3 Å². The van der Waals surface area contributed by atoms with Crippen LogP contribution < -0.4 is 10.1 Å². The number of anilines is 1. The van der Waals surface area contributed by atoms with Gasteiger partial charge in [0.15, 0.2) is 9.84 Å². The van der Waals surface area contributed by atoms with Crippen molar-refractivity contribution < 1.29 is 13.2 Å². The molecule has 1 heterocycles. The normalized spacial score (nSPS) is 23.4. The third-order valence-electron chi connectivity index (χ3n) is 4.16. The molecule has 0 atom stereocenters. The van der Waals surface area contributed by atoms with Crippen LogP contribution in [-0.4, -0.2) is 26.8 Å². The highest BCUT2D eigenvalue weighted by atomic mass is 32.2. The summed E-state index contributed by atoms with van der Waals surface area (Å²) in [5, 5.41) is 3.27. The number of fused-ring (bicyclic) bond motifs is 1. The predicted octanol–water partition coefficient (Wildman–Crippen LogP) is 2.21. The predicted molar refractivity (Wildman–Crippen MR) is 69.9 cm³/mol. The van der Waals surface area contributed by atoms with Crippen LogP contribution in [0.25, 0.3) is 0 Å². The molecule has 1 saturated carbocycles. The van der Waals surface area contributed by atoms with E-state index in [-0.39, 0.29) is 0 Å². The van der Waals surface area contributed by atoms with Crippen LogP contribution in [0.15, 0.2) is 23.1 Å². The maximum atomic E-state index is 12.7. The molecule has 0 amide bonds. The van der Waals surface area contributed by atoms with Gasteiger partial charge in [-0.1, -0.05) is 12.8 Å². The molecule has 0 saturated heterocycles. The van der Waals surface area contributed by atoms with Gasteiger partial charge in [-0.05, 0) is 25.0 Å². The summed E-state index contributed by atoms with van der Waals surface area (Å²) in [6, 6.07) is 5.14. The van der Waals surface area contributed by atoms with Crippen molar-refractivity contribution >= 4 is 15.5 Å². The fourth-order valence-electron chi connectivity index (χ4n) is 3.06. The van der Waals surface area contributed by atoms with Crippen LogP contribution in [0.3, 0.4) is 0 Å². The van der Waals surface area contributed by atoms with Crippen LogP contribution in [0, 0.1) is 0 Å². The molecule has 1 aromatic carbocycles. The third-order valence-corrected chi connectivity index (χ3v) is 6.79. The highest BCUT2D eigenvalue weighted by Gasteiger charge is 2.49. The third kappa shape index (κ3) is 1.46. The lowest BCUT2D eigenvalue weighted by molar-refractivity contribution is 0.414. The Hall–Kier alpha value is -1.23. The Kier molecular flexibility index (Phi) is 2.55. The van der Waals surface area contributed by atoms with Gasteiger partial charge in [0.1, 0.15) is 5.75 Å². The molecule has 4 nitrogen and oxygen atoms in total. The molecule has 1 aliphatic heterocycles. The molecule has 1 spiro atoms. The Morgan fingerprint density at radius 1 is 1.28 bits per heavy atom. The standard InChI is InChI=1S/C13H17NO3S/c1-17-10-4-5-12-11(8-10)14-9-13(18(12,15)16)6-2-3-7-13/h4-5,8,14H,2-3,6-7,9H2,1H3. The molecule has 5 heteroatoms. The summed E-state index contributed by atoms with van der Waals surface area (Å²) in [7, 11) is -1.64. The van der Waals surface area contributed by atoms with Gasteiger partial charge in [-0.3, -0.25) is 0 Å². The van der Waals surface area contributed by atoms with Gasteiger partial charge in [0.05, 0.1) is 22.4 Å². The molecule has 0 bridgehead atoms. The number of sulfone groups is 1. The highest BCUT2D eigenvalue weighted by Crippen LogP contribution is 2.46. The maximum absolute atomic E-state index is 12.7. The minimum absolute atomic E-state index is 0.427. The first-order chi connectivity index (χ1) is 8.59. The average Bonchev–Trinajstić information content (AvgIpc) is 2.85. The van der Waals surface area contributed by atoms with Gasteiger partial charge in [-0.2, -0.15) is 0 Å². The van der Waals surface area contributed by atoms with E-state index in [2.05, 4.69) is 5.32 Å². The molecular formula is C13H17NO3S. The summed E-state index contributed by atoms with van der Waals surface area (Å²) in [5.74, 6) is 0.679. The van der Waals surface area contributed by atoms with E-state index in [1.54, 1.807) is 25.3 Å². The van der Waals surface area contributed by atoms with Crippen molar-refractivity contribution in [1.82, 2.24) is 0 Å². The fourth-order valence-corrected chi connectivity index (χ4v) is 5.28. The van der Waals surface area contributed by atoms with Crippen LogP contribution in [0.2, 0.25) is 0 Å². The maximum Gasteiger partial charge on any atom is 0.187 e. The van der Waals surface area contributed by atoms with Gasteiger partial charge in [0, 0.05) is 12.6 Å². The number of benzene rings is 1. The molecule has 1 aromatic rings. The SMILES string of the molecule is COc1ccc2c(c1)NCC1(CCCC1)S2(=O)=O. The molecule has 98 valence electrons. The van der Waals surface area contributed by atoms with E-state index in [1.807, 2.05) is 0 Å². The highest BCUT2D eigenvalue weighted by molar-refractivity contribution is 7.93. The summed E-state index contributed by atoms with van der Waals surface area (Å²) in [6.45, 7) is 0.523. The zero-order chi connectivity index (χ0) is 12.8.